The Labute approximate surface area is 94.5 Å². The summed E-state index contributed by atoms with van der Waals surface area (Å²) in [6, 6.07) is 3.90. The lowest BCUT2D eigenvalue weighted by atomic mass is 10.1. The highest BCUT2D eigenvalue weighted by Gasteiger charge is 2.09. The summed E-state index contributed by atoms with van der Waals surface area (Å²) in [7, 11) is 1.67. The lowest BCUT2D eigenvalue weighted by Crippen LogP contribution is -1.99. The molecule has 0 amide bonds. The third kappa shape index (κ3) is 1.78. The molecule has 0 atom stereocenters. The second-order valence-electron chi connectivity index (χ2n) is 3.66. The van der Waals surface area contributed by atoms with Gasteiger partial charge in [-0.25, -0.2) is 9.97 Å². The highest BCUT2D eigenvalue weighted by molar-refractivity contribution is 5.84. The zero-order chi connectivity index (χ0) is 11.5. The molecule has 0 bridgehead atoms. The maximum atomic E-state index is 5.62. The Hall–Kier alpha value is -1.84. The number of nitrogens with zero attached hydrogens (tertiary/aromatic N) is 2. The van der Waals surface area contributed by atoms with E-state index in [4.69, 9.17) is 10.5 Å². The first kappa shape index (κ1) is 10.7. The zero-order valence-electron chi connectivity index (χ0n) is 9.53. The van der Waals surface area contributed by atoms with Gasteiger partial charge in [0.25, 0.3) is 0 Å². The maximum absolute atomic E-state index is 5.62. The predicted octanol–water partition coefficient (Wildman–Crippen LogP) is 2.17. The van der Waals surface area contributed by atoms with Crippen LogP contribution in [0.3, 0.4) is 0 Å². The van der Waals surface area contributed by atoms with Gasteiger partial charge in [-0.05, 0) is 18.6 Å². The third-order valence-corrected chi connectivity index (χ3v) is 2.55. The standard InChI is InChI=1S/C12H15N3O/c1-3-4-9-10(16-2)6-5-8-7-14-12(13)15-11(8)9/h5-7H,3-4H2,1-2H3,(H2,13,14,15). The van der Waals surface area contributed by atoms with Crippen molar-refractivity contribution in [2.75, 3.05) is 12.8 Å². The second kappa shape index (κ2) is 4.35. The number of rotatable bonds is 3. The average molecular weight is 217 g/mol. The summed E-state index contributed by atoms with van der Waals surface area (Å²) in [5, 5.41) is 0.999. The van der Waals surface area contributed by atoms with Crippen LogP contribution in [-0.4, -0.2) is 17.1 Å². The van der Waals surface area contributed by atoms with Crippen LogP contribution >= 0.6 is 0 Å². The monoisotopic (exact) mass is 217 g/mol. The number of aromatic nitrogens is 2. The van der Waals surface area contributed by atoms with E-state index in [2.05, 4.69) is 16.9 Å². The first-order chi connectivity index (χ1) is 7.76. The van der Waals surface area contributed by atoms with Crippen LogP contribution < -0.4 is 10.5 Å². The highest BCUT2D eigenvalue weighted by atomic mass is 16.5. The van der Waals surface area contributed by atoms with E-state index in [-0.39, 0.29) is 0 Å². The summed E-state index contributed by atoms with van der Waals surface area (Å²) in [4.78, 5) is 8.28. The first-order valence-corrected chi connectivity index (χ1v) is 5.34. The van der Waals surface area contributed by atoms with Gasteiger partial charge in [0.1, 0.15) is 5.75 Å². The molecule has 1 aromatic carbocycles. The van der Waals surface area contributed by atoms with Crippen molar-refractivity contribution in [1.29, 1.82) is 0 Å². The number of aryl methyl sites for hydroxylation is 1. The molecule has 0 aliphatic rings. The molecule has 1 aromatic heterocycles. The summed E-state index contributed by atoms with van der Waals surface area (Å²) in [5.74, 6) is 1.17. The van der Waals surface area contributed by atoms with Gasteiger partial charge in [-0.2, -0.15) is 0 Å². The summed E-state index contributed by atoms with van der Waals surface area (Å²) < 4.78 is 5.34. The van der Waals surface area contributed by atoms with Crippen molar-refractivity contribution in [3.05, 3.63) is 23.9 Å². The van der Waals surface area contributed by atoms with Crippen LogP contribution in [0.2, 0.25) is 0 Å². The van der Waals surface area contributed by atoms with Crippen molar-refractivity contribution >= 4 is 16.9 Å². The fourth-order valence-corrected chi connectivity index (χ4v) is 1.83. The number of nitrogens with two attached hydrogens (primary N) is 1. The number of methoxy groups -OCH3 is 1. The van der Waals surface area contributed by atoms with E-state index in [1.54, 1.807) is 13.3 Å². The molecule has 0 fully saturated rings. The van der Waals surface area contributed by atoms with Gasteiger partial charge in [-0.1, -0.05) is 13.3 Å². The molecule has 0 saturated carbocycles. The summed E-state index contributed by atoms with van der Waals surface area (Å²) in [6.45, 7) is 2.13. The molecule has 0 radical (unpaired) electrons. The van der Waals surface area contributed by atoms with Crippen molar-refractivity contribution < 1.29 is 4.74 Å². The largest absolute Gasteiger partial charge is 0.496 e. The van der Waals surface area contributed by atoms with Crippen LogP contribution in [-0.2, 0) is 6.42 Å². The van der Waals surface area contributed by atoms with Crippen molar-refractivity contribution in [3.8, 4) is 5.75 Å². The number of ether oxygens (including phenoxy) is 1. The Morgan fingerprint density at radius 3 is 2.88 bits per heavy atom. The molecule has 4 heteroatoms. The fraction of sp³-hybridized carbons (Fsp3) is 0.333. The van der Waals surface area contributed by atoms with Crippen molar-refractivity contribution in [3.63, 3.8) is 0 Å². The lowest BCUT2D eigenvalue weighted by molar-refractivity contribution is 0.410. The Morgan fingerprint density at radius 1 is 1.38 bits per heavy atom. The smallest absolute Gasteiger partial charge is 0.220 e. The van der Waals surface area contributed by atoms with E-state index < -0.39 is 0 Å². The van der Waals surface area contributed by atoms with E-state index in [1.165, 1.54) is 0 Å². The van der Waals surface area contributed by atoms with Crippen molar-refractivity contribution in [2.45, 2.75) is 19.8 Å². The molecule has 0 saturated heterocycles. The Kier molecular flexibility index (Phi) is 2.90. The Bertz CT molecular complexity index is 511. The normalized spacial score (nSPS) is 10.6. The summed E-state index contributed by atoms with van der Waals surface area (Å²) >= 11 is 0. The molecule has 0 spiro atoms. The maximum Gasteiger partial charge on any atom is 0.220 e. The molecule has 16 heavy (non-hydrogen) atoms. The average Bonchev–Trinajstić information content (AvgIpc) is 2.30. The first-order valence-electron chi connectivity index (χ1n) is 5.34. The van der Waals surface area contributed by atoms with E-state index in [0.717, 1.165) is 35.1 Å². The van der Waals surface area contributed by atoms with Gasteiger partial charge in [0, 0.05) is 17.1 Å². The molecule has 0 aliphatic heterocycles. The van der Waals surface area contributed by atoms with Crippen LogP contribution in [0.15, 0.2) is 18.3 Å². The molecular formula is C12H15N3O. The number of hydrogen-bond donors (Lipinski definition) is 1. The summed E-state index contributed by atoms with van der Waals surface area (Å²) in [5.41, 5.74) is 7.62. The minimum Gasteiger partial charge on any atom is -0.496 e. The predicted molar refractivity (Wildman–Crippen MR) is 64.5 cm³/mol. The Morgan fingerprint density at radius 2 is 2.19 bits per heavy atom. The zero-order valence-corrected chi connectivity index (χ0v) is 9.53. The molecular weight excluding hydrogens is 202 g/mol. The van der Waals surface area contributed by atoms with Crippen LogP contribution in [0, 0.1) is 0 Å². The van der Waals surface area contributed by atoms with E-state index in [1.807, 2.05) is 12.1 Å². The Balaban J connectivity index is 2.71. The molecule has 84 valence electrons. The highest BCUT2D eigenvalue weighted by Crippen LogP contribution is 2.27. The van der Waals surface area contributed by atoms with Gasteiger partial charge in [0.15, 0.2) is 0 Å². The lowest BCUT2D eigenvalue weighted by Gasteiger charge is -2.10. The number of anilines is 1. The number of nitrogen functional groups attached to an aromatic ring is 1. The van der Waals surface area contributed by atoms with Crippen LogP contribution in [0.5, 0.6) is 5.75 Å². The van der Waals surface area contributed by atoms with Gasteiger partial charge >= 0.3 is 0 Å². The molecule has 2 aromatic rings. The van der Waals surface area contributed by atoms with Gasteiger partial charge in [-0.15, -0.1) is 0 Å². The number of benzene rings is 1. The van der Waals surface area contributed by atoms with Crippen molar-refractivity contribution in [2.24, 2.45) is 0 Å². The molecule has 2 N–H and O–H groups in total. The molecule has 0 unspecified atom stereocenters. The summed E-state index contributed by atoms with van der Waals surface area (Å²) in [6.07, 6.45) is 3.71. The van der Waals surface area contributed by atoms with E-state index in [0.29, 0.717) is 5.95 Å². The van der Waals surface area contributed by atoms with Crippen LogP contribution in [0.25, 0.3) is 10.9 Å². The molecule has 0 aliphatic carbocycles. The topological polar surface area (TPSA) is 61.0 Å². The molecule has 1 heterocycles. The van der Waals surface area contributed by atoms with E-state index >= 15 is 0 Å². The quantitative estimate of drug-likeness (QED) is 0.855. The second-order valence-corrected chi connectivity index (χ2v) is 3.66. The minimum absolute atomic E-state index is 0.304. The van der Waals surface area contributed by atoms with Gasteiger partial charge in [0.2, 0.25) is 5.95 Å². The van der Waals surface area contributed by atoms with E-state index in [9.17, 15) is 0 Å². The number of fused-ring (bicyclic) bond motifs is 1. The van der Waals surface area contributed by atoms with Crippen LogP contribution in [0.4, 0.5) is 5.95 Å². The molecule has 4 nitrogen and oxygen atoms in total. The van der Waals surface area contributed by atoms with Crippen LogP contribution in [0.1, 0.15) is 18.9 Å². The third-order valence-electron chi connectivity index (χ3n) is 2.55. The van der Waals surface area contributed by atoms with Gasteiger partial charge < -0.3 is 10.5 Å². The van der Waals surface area contributed by atoms with Gasteiger partial charge in [0.05, 0.1) is 12.6 Å². The molecule has 2 rings (SSSR count). The van der Waals surface area contributed by atoms with Gasteiger partial charge in [-0.3, -0.25) is 0 Å². The SMILES string of the molecule is CCCc1c(OC)ccc2cnc(N)nc12. The number of hydrogen-bond acceptors (Lipinski definition) is 4. The fourth-order valence-electron chi connectivity index (χ4n) is 1.83. The minimum atomic E-state index is 0.304. The van der Waals surface area contributed by atoms with Crippen molar-refractivity contribution in [1.82, 2.24) is 9.97 Å².